The summed E-state index contributed by atoms with van der Waals surface area (Å²) in [6.07, 6.45) is 17.1. The molecule has 2 atom stereocenters. The van der Waals surface area contributed by atoms with E-state index in [1.54, 1.807) is 0 Å². The highest BCUT2D eigenvalue weighted by Gasteiger charge is 2.34. The Bertz CT molecular complexity index is 601. The molecule has 1 aromatic carbocycles. The van der Waals surface area contributed by atoms with E-state index in [1.807, 2.05) is 0 Å². The van der Waals surface area contributed by atoms with Crippen LogP contribution in [0, 0.1) is 11.8 Å². The standard InChI is InChI=1S/C27H41NO/c1-2-3-7-20-26(29)21-22-27(23-14-8-4-9-15-23)28(24-16-10-5-11-17-24)25-18-12-6-13-19-25/h4,8-9,14-15,24-27,29H,2-3,5-7,10-13,16-20H2,1H3. The predicted octanol–water partition coefficient (Wildman–Crippen LogP) is 6.64. The largest absolute Gasteiger partial charge is 0.380 e. The highest BCUT2D eigenvalue weighted by molar-refractivity contribution is 5.29. The van der Waals surface area contributed by atoms with Crippen molar-refractivity contribution in [3.05, 3.63) is 35.9 Å². The van der Waals surface area contributed by atoms with Gasteiger partial charge in [-0.3, -0.25) is 4.90 Å². The second-order valence-electron chi connectivity index (χ2n) is 9.14. The molecular weight excluding hydrogens is 354 g/mol. The van der Waals surface area contributed by atoms with E-state index < -0.39 is 6.10 Å². The molecule has 2 nitrogen and oxygen atoms in total. The molecule has 0 spiro atoms. The van der Waals surface area contributed by atoms with Gasteiger partial charge in [0.25, 0.3) is 0 Å². The fraction of sp³-hybridized carbons (Fsp3) is 0.704. The van der Waals surface area contributed by atoms with Crippen molar-refractivity contribution in [1.29, 1.82) is 0 Å². The van der Waals surface area contributed by atoms with Gasteiger partial charge in [0.05, 0.1) is 6.04 Å². The van der Waals surface area contributed by atoms with Crippen molar-refractivity contribution in [2.24, 2.45) is 0 Å². The minimum absolute atomic E-state index is 0.114. The molecule has 0 amide bonds. The van der Waals surface area contributed by atoms with E-state index in [0.29, 0.717) is 12.1 Å². The average Bonchev–Trinajstić information content (AvgIpc) is 2.78. The zero-order valence-electron chi connectivity index (χ0n) is 18.5. The van der Waals surface area contributed by atoms with Crippen LogP contribution in [-0.2, 0) is 0 Å². The fourth-order valence-electron chi connectivity index (χ4n) is 5.28. The minimum atomic E-state index is -0.493. The Balaban J connectivity index is 1.86. The molecular formula is C27H41NO. The van der Waals surface area contributed by atoms with Crippen molar-refractivity contribution < 1.29 is 5.11 Å². The van der Waals surface area contributed by atoms with Crippen LogP contribution in [0.3, 0.4) is 0 Å². The molecule has 1 N–H and O–H groups in total. The van der Waals surface area contributed by atoms with Crippen LogP contribution in [0.15, 0.2) is 30.3 Å². The van der Waals surface area contributed by atoms with Crippen LogP contribution in [0.25, 0.3) is 0 Å². The highest BCUT2D eigenvalue weighted by atomic mass is 16.3. The van der Waals surface area contributed by atoms with Gasteiger partial charge in [-0.25, -0.2) is 0 Å². The van der Waals surface area contributed by atoms with Gasteiger partial charge in [-0.1, -0.05) is 100 Å². The van der Waals surface area contributed by atoms with Crippen LogP contribution in [0.2, 0.25) is 0 Å². The molecule has 0 saturated heterocycles. The maximum Gasteiger partial charge on any atom is 0.114 e. The lowest BCUT2D eigenvalue weighted by Crippen LogP contribution is -2.47. The Morgan fingerprint density at radius 2 is 1.45 bits per heavy atom. The van der Waals surface area contributed by atoms with Crippen molar-refractivity contribution in [1.82, 2.24) is 4.90 Å². The summed E-state index contributed by atoms with van der Waals surface area (Å²) in [5.41, 5.74) is 1.30. The van der Waals surface area contributed by atoms with E-state index in [2.05, 4.69) is 54.0 Å². The monoisotopic (exact) mass is 395 g/mol. The summed E-state index contributed by atoms with van der Waals surface area (Å²) in [7, 11) is 0. The Kier molecular flexibility index (Phi) is 9.58. The van der Waals surface area contributed by atoms with E-state index in [4.69, 9.17) is 0 Å². The first-order valence-corrected chi connectivity index (χ1v) is 12.3. The molecule has 1 aromatic rings. The van der Waals surface area contributed by atoms with E-state index in [-0.39, 0.29) is 6.04 Å². The van der Waals surface area contributed by atoms with Crippen molar-refractivity contribution in [3.8, 4) is 11.8 Å². The quantitative estimate of drug-likeness (QED) is 0.394. The molecule has 0 radical (unpaired) electrons. The van der Waals surface area contributed by atoms with Crippen molar-refractivity contribution in [2.45, 2.75) is 121 Å². The van der Waals surface area contributed by atoms with E-state index >= 15 is 0 Å². The third-order valence-electron chi connectivity index (χ3n) is 6.87. The molecule has 0 heterocycles. The first-order chi connectivity index (χ1) is 14.3. The molecule has 2 aliphatic rings. The number of benzene rings is 1. The van der Waals surface area contributed by atoms with Crippen LogP contribution < -0.4 is 0 Å². The number of aliphatic hydroxyl groups is 1. The average molecular weight is 396 g/mol. The molecule has 2 unspecified atom stereocenters. The van der Waals surface area contributed by atoms with Crippen LogP contribution in [0.5, 0.6) is 0 Å². The SMILES string of the molecule is CCCCCC(O)C#CC(c1ccccc1)N(C1CCCCC1)C1CCCCC1. The predicted molar refractivity (Wildman–Crippen MR) is 123 cm³/mol. The van der Waals surface area contributed by atoms with Gasteiger partial charge in [-0.15, -0.1) is 0 Å². The van der Waals surface area contributed by atoms with Gasteiger partial charge in [-0.05, 0) is 44.1 Å². The molecule has 0 bridgehead atoms. The lowest BCUT2D eigenvalue weighted by Gasteiger charge is -2.44. The zero-order chi connectivity index (χ0) is 20.3. The summed E-state index contributed by atoms with van der Waals surface area (Å²) >= 11 is 0. The van der Waals surface area contributed by atoms with E-state index in [1.165, 1.54) is 82.6 Å². The number of aliphatic hydroxyl groups excluding tert-OH is 1. The molecule has 29 heavy (non-hydrogen) atoms. The Hall–Kier alpha value is -1.30. The summed E-state index contributed by atoms with van der Waals surface area (Å²) in [6.45, 7) is 2.20. The Morgan fingerprint density at radius 1 is 0.862 bits per heavy atom. The minimum Gasteiger partial charge on any atom is -0.380 e. The van der Waals surface area contributed by atoms with Crippen molar-refractivity contribution >= 4 is 0 Å². The van der Waals surface area contributed by atoms with Crippen LogP contribution in [0.4, 0.5) is 0 Å². The molecule has 2 fully saturated rings. The van der Waals surface area contributed by atoms with Crippen LogP contribution in [0.1, 0.15) is 108 Å². The van der Waals surface area contributed by atoms with Crippen LogP contribution >= 0.6 is 0 Å². The third-order valence-corrected chi connectivity index (χ3v) is 6.87. The number of nitrogens with zero attached hydrogens (tertiary/aromatic N) is 1. The summed E-state index contributed by atoms with van der Waals surface area (Å²) in [6, 6.07) is 12.3. The zero-order valence-corrected chi connectivity index (χ0v) is 18.5. The van der Waals surface area contributed by atoms with Gasteiger partial charge in [0.1, 0.15) is 6.10 Å². The maximum atomic E-state index is 10.5. The highest BCUT2D eigenvalue weighted by Crippen LogP contribution is 2.36. The van der Waals surface area contributed by atoms with E-state index in [9.17, 15) is 5.11 Å². The van der Waals surface area contributed by atoms with Gasteiger partial charge in [-0.2, -0.15) is 0 Å². The number of unbranched alkanes of at least 4 members (excludes halogenated alkanes) is 2. The number of hydrogen-bond donors (Lipinski definition) is 1. The summed E-state index contributed by atoms with van der Waals surface area (Å²) in [4.78, 5) is 2.79. The smallest absolute Gasteiger partial charge is 0.114 e. The van der Waals surface area contributed by atoms with Crippen molar-refractivity contribution in [2.75, 3.05) is 0 Å². The molecule has 2 heteroatoms. The molecule has 160 valence electrons. The number of hydrogen-bond acceptors (Lipinski definition) is 2. The lowest BCUT2D eigenvalue weighted by molar-refractivity contribution is 0.0577. The van der Waals surface area contributed by atoms with Gasteiger partial charge >= 0.3 is 0 Å². The molecule has 3 rings (SSSR count). The summed E-state index contributed by atoms with van der Waals surface area (Å²) < 4.78 is 0. The first kappa shape index (κ1) is 22.4. The third kappa shape index (κ3) is 6.87. The second kappa shape index (κ2) is 12.4. The summed E-state index contributed by atoms with van der Waals surface area (Å²) in [5, 5.41) is 10.5. The molecule has 0 aliphatic heterocycles. The Morgan fingerprint density at radius 3 is 2.00 bits per heavy atom. The molecule has 2 saturated carbocycles. The summed E-state index contributed by atoms with van der Waals surface area (Å²) in [5.74, 6) is 6.85. The first-order valence-electron chi connectivity index (χ1n) is 12.3. The van der Waals surface area contributed by atoms with Crippen molar-refractivity contribution in [3.63, 3.8) is 0 Å². The van der Waals surface area contributed by atoms with Gasteiger partial charge in [0.2, 0.25) is 0 Å². The normalized spacial score (nSPS) is 20.8. The van der Waals surface area contributed by atoms with Gasteiger partial charge < -0.3 is 5.11 Å². The van der Waals surface area contributed by atoms with E-state index in [0.717, 1.165) is 12.8 Å². The second-order valence-corrected chi connectivity index (χ2v) is 9.14. The van der Waals surface area contributed by atoms with Gasteiger partial charge in [0.15, 0.2) is 0 Å². The molecule has 2 aliphatic carbocycles. The topological polar surface area (TPSA) is 23.5 Å². The maximum absolute atomic E-state index is 10.5. The number of rotatable bonds is 8. The lowest BCUT2D eigenvalue weighted by atomic mass is 9.86. The molecule has 0 aromatic heterocycles. The fourth-order valence-corrected chi connectivity index (χ4v) is 5.28. The van der Waals surface area contributed by atoms with Crippen LogP contribution in [-0.4, -0.2) is 28.2 Å². The Labute approximate surface area is 179 Å². The van der Waals surface area contributed by atoms with Gasteiger partial charge in [0, 0.05) is 12.1 Å².